The first-order chi connectivity index (χ1) is 7.99. The van der Waals surface area contributed by atoms with Crippen LogP contribution in [0.5, 0.6) is 0 Å². The fourth-order valence-corrected chi connectivity index (χ4v) is 1.17. The number of hydrogen-bond acceptors (Lipinski definition) is 5. The third-order valence-electron chi connectivity index (χ3n) is 2.26. The summed E-state index contributed by atoms with van der Waals surface area (Å²) in [5.41, 5.74) is 0.635. The van der Waals surface area contributed by atoms with Crippen molar-refractivity contribution in [3.05, 3.63) is 11.1 Å². The highest BCUT2D eigenvalue weighted by atomic mass is 16.5. The van der Waals surface area contributed by atoms with Crippen LogP contribution in [0, 0.1) is 17.2 Å². The number of nitriles is 1. The smallest absolute Gasteiger partial charge is 0.333 e. The van der Waals surface area contributed by atoms with E-state index < -0.39 is 17.9 Å². The van der Waals surface area contributed by atoms with Gasteiger partial charge in [0.1, 0.15) is 0 Å². The molecule has 0 bridgehead atoms. The first-order valence-electron chi connectivity index (χ1n) is 5.40. The molecule has 0 aromatic carbocycles. The van der Waals surface area contributed by atoms with E-state index in [1.54, 1.807) is 20.8 Å². The Labute approximate surface area is 101 Å². The Hall–Kier alpha value is -1.83. The zero-order valence-electron chi connectivity index (χ0n) is 10.6. The van der Waals surface area contributed by atoms with Crippen molar-refractivity contribution in [2.45, 2.75) is 27.7 Å². The van der Waals surface area contributed by atoms with Crippen LogP contribution in [-0.4, -0.2) is 25.2 Å². The van der Waals surface area contributed by atoms with Crippen molar-refractivity contribution in [1.29, 1.82) is 5.26 Å². The van der Waals surface area contributed by atoms with E-state index in [0.29, 0.717) is 5.57 Å². The molecular weight excluding hydrogens is 222 g/mol. The Morgan fingerprint density at radius 1 is 1.18 bits per heavy atom. The maximum absolute atomic E-state index is 11.5. The van der Waals surface area contributed by atoms with Crippen molar-refractivity contribution >= 4 is 11.9 Å². The van der Waals surface area contributed by atoms with Crippen molar-refractivity contribution in [3.63, 3.8) is 0 Å². The lowest BCUT2D eigenvalue weighted by Gasteiger charge is -2.11. The zero-order valence-corrected chi connectivity index (χ0v) is 10.6. The lowest BCUT2D eigenvalue weighted by molar-refractivity contribution is -0.144. The molecule has 0 aromatic rings. The van der Waals surface area contributed by atoms with Gasteiger partial charge in [-0.15, -0.1) is 0 Å². The van der Waals surface area contributed by atoms with E-state index in [1.807, 2.05) is 6.07 Å². The number of rotatable bonds is 5. The van der Waals surface area contributed by atoms with Gasteiger partial charge in [0.05, 0.1) is 19.3 Å². The number of carbonyl (C=O) groups is 2. The number of ether oxygens (including phenoxy) is 2. The molecule has 0 spiro atoms. The molecule has 0 saturated heterocycles. The van der Waals surface area contributed by atoms with Crippen LogP contribution in [0.15, 0.2) is 11.1 Å². The summed E-state index contributed by atoms with van der Waals surface area (Å²) >= 11 is 0. The Balaban J connectivity index is 5.02. The molecule has 0 aliphatic rings. The molecule has 1 unspecified atom stereocenters. The second-order valence-corrected chi connectivity index (χ2v) is 3.34. The summed E-state index contributed by atoms with van der Waals surface area (Å²) in [6, 6.07) is 1.82. The van der Waals surface area contributed by atoms with Crippen molar-refractivity contribution in [2.24, 2.45) is 5.92 Å². The molecule has 0 amide bonds. The van der Waals surface area contributed by atoms with Crippen LogP contribution < -0.4 is 0 Å². The van der Waals surface area contributed by atoms with Gasteiger partial charge < -0.3 is 9.47 Å². The maximum Gasteiger partial charge on any atom is 0.333 e. The number of nitrogens with zero attached hydrogens (tertiary/aromatic N) is 1. The number of carbonyl (C=O) groups excluding carboxylic acids is 2. The van der Waals surface area contributed by atoms with Gasteiger partial charge in [-0.05, 0) is 33.3 Å². The summed E-state index contributed by atoms with van der Waals surface area (Å²) in [4.78, 5) is 22.9. The standard InChI is InChI=1S/C12H17NO4/c1-5-16-11(14)9(4)8(3)10(7-13)12(15)17-6-2/h10H,5-6H2,1-4H3/b9-8-. The van der Waals surface area contributed by atoms with Gasteiger partial charge in [-0.25, -0.2) is 4.79 Å². The van der Waals surface area contributed by atoms with E-state index in [1.165, 1.54) is 6.92 Å². The van der Waals surface area contributed by atoms with E-state index in [4.69, 9.17) is 14.7 Å². The summed E-state index contributed by atoms with van der Waals surface area (Å²) in [6.07, 6.45) is 0. The number of esters is 2. The summed E-state index contributed by atoms with van der Waals surface area (Å²) in [7, 11) is 0. The summed E-state index contributed by atoms with van der Waals surface area (Å²) < 4.78 is 9.56. The van der Waals surface area contributed by atoms with Gasteiger partial charge in [-0.2, -0.15) is 5.26 Å². The molecule has 94 valence electrons. The van der Waals surface area contributed by atoms with Gasteiger partial charge in [0.15, 0.2) is 5.92 Å². The van der Waals surface area contributed by atoms with E-state index in [-0.39, 0.29) is 18.8 Å². The molecule has 1 atom stereocenters. The van der Waals surface area contributed by atoms with Crippen LogP contribution in [0.1, 0.15) is 27.7 Å². The molecule has 5 nitrogen and oxygen atoms in total. The quantitative estimate of drug-likeness (QED) is 0.538. The molecule has 0 N–H and O–H groups in total. The Morgan fingerprint density at radius 2 is 1.71 bits per heavy atom. The first-order valence-corrected chi connectivity index (χ1v) is 5.40. The normalized spacial score (nSPS) is 13.1. The highest BCUT2D eigenvalue weighted by molar-refractivity contribution is 5.91. The van der Waals surface area contributed by atoms with Crippen LogP contribution in [0.3, 0.4) is 0 Å². The second kappa shape index (κ2) is 7.44. The van der Waals surface area contributed by atoms with Gasteiger partial charge in [-0.3, -0.25) is 4.79 Å². The number of hydrogen-bond donors (Lipinski definition) is 0. The molecular formula is C12H17NO4. The van der Waals surface area contributed by atoms with E-state index in [2.05, 4.69) is 0 Å². The van der Waals surface area contributed by atoms with Gasteiger partial charge in [0.25, 0.3) is 0 Å². The SMILES string of the molecule is CCOC(=O)/C(C)=C(/C)C(C#N)C(=O)OCC. The summed E-state index contributed by atoms with van der Waals surface area (Å²) in [5, 5.41) is 8.92. The maximum atomic E-state index is 11.5. The molecule has 0 radical (unpaired) electrons. The van der Waals surface area contributed by atoms with Crippen LogP contribution in [0.2, 0.25) is 0 Å². The van der Waals surface area contributed by atoms with E-state index >= 15 is 0 Å². The van der Waals surface area contributed by atoms with Crippen molar-refractivity contribution in [3.8, 4) is 6.07 Å². The lowest BCUT2D eigenvalue weighted by atomic mass is 9.97. The minimum Gasteiger partial charge on any atom is -0.465 e. The molecule has 0 saturated carbocycles. The molecule has 17 heavy (non-hydrogen) atoms. The topological polar surface area (TPSA) is 76.4 Å². The Morgan fingerprint density at radius 3 is 2.12 bits per heavy atom. The predicted molar refractivity (Wildman–Crippen MR) is 60.7 cm³/mol. The predicted octanol–water partition coefficient (Wildman–Crippen LogP) is 1.59. The van der Waals surface area contributed by atoms with Gasteiger partial charge >= 0.3 is 11.9 Å². The van der Waals surface area contributed by atoms with Gasteiger partial charge in [-0.1, -0.05) is 0 Å². The lowest BCUT2D eigenvalue weighted by Crippen LogP contribution is -2.20. The zero-order chi connectivity index (χ0) is 13.4. The molecule has 0 aliphatic heterocycles. The molecule has 5 heteroatoms. The third-order valence-corrected chi connectivity index (χ3v) is 2.26. The van der Waals surface area contributed by atoms with E-state index in [0.717, 1.165) is 0 Å². The largest absolute Gasteiger partial charge is 0.465 e. The van der Waals surface area contributed by atoms with Gasteiger partial charge in [0.2, 0.25) is 0 Å². The highest BCUT2D eigenvalue weighted by Crippen LogP contribution is 2.17. The summed E-state index contributed by atoms with van der Waals surface area (Å²) in [6.45, 7) is 6.87. The molecule has 0 rings (SSSR count). The fourth-order valence-electron chi connectivity index (χ4n) is 1.17. The molecule has 0 fully saturated rings. The summed E-state index contributed by atoms with van der Waals surface area (Å²) in [5.74, 6) is -2.22. The Bertz CT molecular complexity index is 365. The third kappa shape index (κ3) is 4.27. The van der Waals surface area contributed by atoms with Crippen molar-refractivity contribution in [2.75, 3.05) is 13.2 Å². The minimum atomic E-state index is -1.06. The monoisotopic (exact) mass is 239 g/mol. The minimum absolute atomic E-state index is 0.197. The fraction of sp³-hybridized carbons (Fsp3) is 0.583. The van der Waals surface area contributed by atoms with Crippen molar-refractivity contribution < 1.29 is 19.1 Å². The molecule has 0 aromatic heterocycles. The highest BCUT2D eigenvalue weighted by Gasteiger charge is 2.24. The average molecular weight is 239 g/mol. The van der Waals surface area contributed by atoms with Crippen molar-refractivity contribution in [1.82, 2.24) is 0 Å². The van der Waals surface area contributed by atoms with Crippen LogP contribution in [-0.2, 0) is 19.1 Å². The first kappa shape index (κ1) is 15.2. The van der Waals surface area contributed by atoms with Gasteiger partial charge in [0, 0.05) is 5.57 Å². The van der Waals surface area contributed by atoms with E-state index in [9.17, 15) is 9.59 Å². The van der Waals surface area contributed by atoms with Crippen LogP contribution in [0.25, 0.3) is 0 Å². The molecule has 0 heterocycles. The Kier molecular flexibility index (Phi) is 6.64. The average Bonchev–Trinajstić information content (AvgIpc) is 2.29. The molecule has 0 aliphatic carbocycles. The van der Waals surface area contributed by atoms with Crippen LogP contribution in [0.4, 0.5) is 0 Å². The second-order valence-electron chi connectivity index (χ2n) is 3.34. The van der Waals surface area contributed by atoms with Crippen LogP contribution >= 0.6 is 0 Å².